The number of rotatable bonds is 0. The third kappa shape index (κ3) is 2.23. The Hall–Kier alpha value is -1.40. The minimum absolute atomic E-state index is 0.0749. The monoisotopic (exact) mass is 361 g/mol. The van der Waals surface area contributed by atoms with Gasteiger partial charge in [0.25, 0.3) is 0 Å². The third-order valence-corrected chi connectivity index (χ3v) is 8.07. The number of fused-ring (bicyclic) bond motifs is 6. The van der Waals surface area contributed by atoms with Gasteiger partial charge >= 0.3 is 10.3 Å². The highest BCUT2D eigenvalue weighted by molar-refractivity contribution is 7.86. The van der Waals surface area contributed by atoms with Crippen LogP contribution in [-0.2, 0) is 16.7 Å². The molecule has 0 saturated heterocycles. The molecule has 3 aliphatic carbocycles. The number of hydrogen-bond donors (Lipinski definition) is 1. The van der Waals surface area contributed by atoms with Gasteiger partial charge < -0.3 is 9.29 Å². The summed E-state index contributed by atoms with van der Waals surface area (Å²) in [6.07, 6.45) is 7.53. The minimum Gasteiger partial charge on any atom is -0.393 e. The van der Waals surface area contributed by atoms with Crippen LogP contribution < -0.4 is 4.18 Å². The summed E-state index contributed by atoms with van der Waals surface area (Å²) in [4.78, 5) is 0. The molecule has 1 aromatic carbocycles. The molecule has 25 heavy (non-hydrogen) atoms. The molecule has 0 amide bonds. The van der Waals surface area contributed by atoms with Crippen molar-refractivity contribution in [3.63, 3.8) is 0 Å². The summed E-state index contributed by atoms with van der Waals surface area (Å²) in [5.41, 5.74) is 3.39. The zero-order valence-electron chi connectivity index (χ0n) is 14.3. The second-order valence-corrected chi connectivity index (χ2v) is 9.62. The predicted molar refractivity (Wildman–Crippen MR) is 94.2 cm³/mol. The van der Waals surface area contributed by atoms with Crippen LogP contribution in [0.3, 0.4) is 0 Å². The van der Waals surface area contributed by atoms with E-state index < -0.39 is 10.3 Å². The topological polar surface area (TPSA) is 76.0 Å². The molecule has 6 heteroatoms. The van der Waals surface area contributed by atoms with Crippen molar-refractivity contribution in [2.75, 3.05) is 0 Å². The van der Waals surface area contributed by atoms with Crippen molar-refractivity contribution in [3.8, 4) is 5.75 Å². The molecule has 4 unspecified atom stereocenters. The minimum atomic E-state index is -3.83. The Morgan fingerprint density at radius 3 is 2.92 bits per heavy atom. The molecule has 5 rings (SSSR count). The van der Waals surface area contributed by atoms with E-state index in [2.05, 4.69) is 17.4 Å². The summed E-state index contributed by atoms with van der Waals surface area (Å²) < 4.78 is 31.7. The van der Waals surface area contributed by atoms with Gasteiger partial charge in [-0.25, -0.2) is 0 Å². The van der Waals surface area contributed by atoms with Gasteiger partial charge in [0.2, 0.25) is 0 Å². The maximum Gasteiger partial charge on any atom is 0.428 e. The first kappa shape index (κ1) is 15.8. The van der Waals surface area contributed by atoms with Crippen molar-refractivity contribution < 1.29 is 17.7 Å². The molecule has 0 spiro atoms. The van der Waals surface area contributed by atoms with E-state index >= 15 is 0 Å². The van der Waals surface area contributed by atoms with Crippen LogP contribution in [0.25, 0.3) is 0 Å². The number of aryl methyl sites for hydroxylation is 1. The molecule has 2 saturated carbocycles. The molecule has 0 bridgehead atoms. The quantitative estimate of drug-likeness (QED) is 0.771. The van der Waals surface area contributed by atoms with Crippen LogP contribution in [0.2, 0.25) is 0 Å². The van der Waals surface area contributed by atoms with Gasteiger partial charge in [-0.05, 0) is 85.0 Å². The Bertz CT molecular complexity index is 878. The fraction of sp³-hybridized carbons (Fsp3) is 0.632. The van der Waals surface area contributed by atoms with E-state index in [1.165, 1.54) is 17.3 Å². The molecule has 5 atom stereocenters. The van der Waals surface area contributed by atoms with E-state index in [1.54, 1.807) is 0 Å². The normalized spacial score (nSPS) is 40.4. The van der Waals surface area contributed by atoms with Crippen LogP contribution in [-0.4, -0.2) is 25.8 Å². The Balaban J connectivity index is 1.55. The van der Waals surface area contributed by atoms with Gasteiger partial charge in [-0.15, -0.1) is 4.40 Å². The standard InChI is InChI=1S/C19H23NO4S/c1-19-7-6-13-14(16(19)4-5-18(19)21)3-2-11-9-17-12(8-15(11)13)10-20-25(22,23)24-17/h8-10,13-14,16,18,21H,2-7H2,1H3/t13?,14?,16?,18-,19?/m0/s1. The summed E-state index contributed by atoms with van der Waals surface area (Å²) in [6, 6.07) is 3.99. The lowest BCUT2D eigenvalue weighted by molar-refractivity contribution is -0.0226. The van der Waals surface area contributed by atoms with Gasteiger partial charge in [-0.3, -0.25) is 0 Å². The summed E-state index contributed by atoms with van der Waals surface area (Å²) in [5, 5.41) is 10.5. The van der Waals surface area contributed by atoms with E-state index in [9.17, 15) is 13.5 Å². The SMILES string of the molecule is CC12CCC3c4cc5c(cc4CCC3C1CC[C@@H]2O)OS(=O)(=O)N=C5. The third-order valence-electron chi connectivity index (χ3n) is 7.32. The van der Waals surface area contributed by atoms with Crippen molar-refractivity contribution in [3.05, 3.63) is 28.8 Å². The molecule has 1 aromatic rings. The van der Waals surface area contributed by atoms with Gasteiger partial charge in [0.15, 0.2) is 5.75 Å². The van der Waals surface area contributed by atoms with Crippen molar-refractivity contribution in [2.24, 2.45) is 21.6 Å². The summed E-state index contributed by atoms with van der Waals surface area (Å²) in [5.74, 6) is 2.12. The molecule has 0 aromatic heterocycles. The zero-order chi connectivity index (χ0) is 17.4. The molecule has 0 radical (unpaired) electrons. The van der Waals surface area contributed by atoms with Crippen molar-refractivity contribution in [1.82, 2.24) is 0 Å². The lowest BCUT2D eigenvalue weighted by Crippen LogP contribution is -2.44. The molecule has 1 N–H and O–H groups in total. The van der Waals surface area contributed by atoms with Crippen LogP contribution in [0.5, 0.6) is 5.75 Å². The first-order valence-corrected chi connectivity index (χ1v) is 10.6. The van der Waals surface area contributed by atoms with Gasteiger partial charge in [-0.2, -0.15) is 8.42 Å². The first-order chi connectivity index (χ1) is 11.9. The summed E-state index contributed by atoms with van der Waals surface area (Å²) >= 11 is 0. The molecular weight excluding hydrogens is 338 g/mol. The fourth-order valence-electron chi connectivity index (χ4n) is 6.02. The number of aliphatic hydroxyl groups excluding tert-OH is 1. The van der Waals surface area contributed by atoms with Crippen LogP contribution in [0.1, 0.15) is 61.6 Å². The van der Waals surface area contributed by atoms with Crippen molar-refractivity contribution >= 4 is 16.5 Å². The smallest absolute Gasteiger partial charge is 0.393 e. The molecule has 2 fully saturated rings. The van der Waals surface area contributed by atoms with Crippen molar-refractivity contribution in [1.29, 1.82) is 0 Å². The van der Waals surface area contributed by atoms with Gasteiger partial charge in [-0.1, -0.05) is 6.92 Å². The number of aliphatic hydroxyl groups is 1. The Morgan fingerprint density at radius 1 is 1.24 bits per heavy atom. The summed E-state index contributed by atoms with van der Waals surface area (Å²) in [6.45, 7) is 2.28. The average molecular weight is 361 g/mol. The molecular formula is C19H23NO4S. The van der Waals surface area contributed by atoms with Crippen LogP contribution >= 0.6 is 0 Å². The molecule has 1 heterocycles. The van der Waals surface area contributed by atoms with Crippen LogP contribution in [0, 0.1) is 17.3 Å². The van der Waals surface area contributed by atoms with E-state index in [-0.39, 0.29) is 11.5 Å². The van der Waals surface area contributed by atoms with Gasteiger partial charge in [0.1, 0.15) is 0 Å². The summed E-state index contributed by atoms with van der Waals surface area (Å²) in [7, 11) is -3.83. The lowest BCUT2D eigenvalue weighted by atomic mass is 9.55. The largest absolute Gasteiger partial charge is 0.428 e. The maximum atomic E-state index is 11.6. The average Bonchev–Trinajstić information content (AvgIpc) is 2.87. The number of benzene rings is 1. The van der Waals surface area contributed by atoms with E-state index in [4.69, 9.17) is 4.18 Å². The predicted octanol–water partition coefficient (Wildman–Crippen LogP) is 2.96. The first-order valence-electron chi connectivity index (χ1n) is 9.22. The van der Waals surface area contributed by atoms with Crippen LogP contribution in [0.4, 0.5) is 0 Å². The van der Waals surface area contributed by atoms with E-state index in [1.807, 2.05) is 6.07 Å². The van der Waals surface area contributed by atoms with E-state index in [0.717, 1.165) is 44.1 Å². The Morgan fingerprint density at radius 2 is 2.08 bits per heavy atom. The van der Waals surface area contributed by atoms with Gasteiger partial charge in [0, 0.05) is 5.56 Å². The molecule has 134 valence electrons. The number of hydrogen-bond acceptors (Lipinski definition) is 4. The molecule has 4 aliphatic rings. The fourth-order valence-corrected chi connectivity index (χ4v) is 6.68. The van der Waals surface area contributed by atoms with E-state index in [0.29, 0.717) is 23.5 Å². The zero-order valence-corrected chi connectivity index (χ0v) is 15.1. The number of nitrogens with zero attached hydrogens (tertiary/aromatic N) is 1. The second kappa shape index (κ2) is 5.07. The highest BCUT2D eigenvalue weighted by Crippen LogP contribution is 2.61. The van der Waals surface area contributed by atoms with Crippen LogP contribution in [0.15, 0.2) is 16.5 Å². The highest BCUT2D eigenvalue weighted by atomic mass is 32.2. The Labute approximate surface area is 148 Å². The maximum absolute atomic E-state index is 11.6. The lowest BCUT2D eigenvalue weighted by Gasteiger charge is -2.50. The Kier molecular flexibility index (Phi) is 3.21. The highest BCUT2D eigenvalue weighted by Gasteiger charge is 2.54. The van der Waals surface area contributed by atoms with Crippen molar-refractivity contribution in [2.45, 2.75) is 57.5 Å². The molecule has 5 nitrogen and oxygen atoms in total. The van der Waals surface area contributed by atoms with Gasteiger partial charge in [0.05, 0.1) is 12.3 Å². The molecule has 1 aliphatic heterocycles. The second-order valence-electron chi connectivity index (χ2n) is 8.39.